The molecule has 1 amide bonds. The summed E-state index contributed by atoms with van der Waals surface area (Å²) in [6.45, 7) is 3.90. The Bertz CT molecular complexity index is 1020. The average molecular weight is 319 g/mol. The van der Waals surface area contributed by atoms with Crippen molar-refractivity contribution in [3.8, 4) is 0 Å². The van der Waals surface area contributed by atoms with Crippen LogP contribution < -0.4 is 10.5 Å². The smallest absolute Gasteiger partial charge is 0.270 e. The Morgan fingerprint density at radius 1 is 1.21 bits per heavy atom. The first kappa shape index (κ1) is 14.6. The lowest BCUT2D eigenvalue weighted by Gasteiger charge is -2.22. The van der Waals surface area contributed by atoms with Gasteiger partial charge in [0.15, 0.2) is 0 Å². The summed E-state index contributed by atoms with van der Waals surface area (Å²) >= 11 is 0. The van der Waals surface area contributed by atoms with E-state index in [4.69, 9.17) is 0 Å². The van der Waals surface area contributed by atoms with Crippen LogP contribution >= 0.6 is 0 Å². The van der Waals surface area contributed by atoms with Gasteiger partial charge in [0.1, 0.15) is 11.2 Å². The number of aryl methyl sites for hydroxylation is 1. The number of amides is 1. The molecule has 0 saturated carbocycles. The van der Waals surface area contributed by atoms with Gasteiger partial charge in [-0.15, -0.1) is 0 Å². The number of hydrogen-bond acceptors (Lipinski definition) is 3. The van der Waals surface area contributed by atoms with Gasteiger partial charge in [-0.25, -0.2) is 4.98 Å². The predicted octanol–water partition coefficient (Wildman–Crippen LogP) is 2.59. The first-order valence-electron chi connectivity index (χ1n) is 7.96. The molecule has 1 aromatic carbocycles. The third-order valence-electron chi connectivity index (χ3n) is 4.51. The third-order valence-corrected chi connectivity index (χ3v) is 4.51. The second kappa shape index (κ2) is 5.30. The van der Waals surface area contributed by atoms with Gasteiger partial charge in [0.05, 0.1) is 0 Å². The van der Waals surface area contributed by atoms with Crippen molar-refractivity contribution in [1.29, 1.82) is 0 Å². The Kier molecular flexibility index (Phi) is 3.23. The molecule has 0 fully saturated rings. The first-order chi connectivity index (χ1) is 11.6. The fraction of sp³-hybridized carbons (Fsp3) is 0.211. The Balaban J connectivity index is 1.85. The van der Waals surface area contributed by atoms with Crippen LogP contribution in [-0.4, -0.2) is 21.3 Å². The number of carbonyl (C=O) groups is 1. The molecule has 0 aliphatic carbocycles. The van der Waals surface area contributed by atoms with Crippen molar-refractivity contribution in [3.63, 3.8) is 0 Å². The quantitative estimate of drug-likeness (QED) is 0.693. The molecule has 0 bridgehead atoms. The maximum atomic E-state index is 13.0. The van der Waals surface area contributed by atoms with Crippen molar-refractivity contribution >= 4 is 17.2 Å². The van der Waals surface area contributed by atoms with Crippen LogP contribution in [0.3, 0.4) is 0 Å². The normalized spacial score (nSPS) is 16.4. The number of hydrogen-bond donors (Lipinski definition) is 0. The first-order valence-corrected chi connectivity index (χ1v) is 7.96. The lowest BCUT2D eigenvalue weighted by molar-refractivity contribution is 0.0979. The van der Waals surface area contributed by atoms with Gasteiger partial charge in [0, 0.05) is 24.1 Å². The maximum Gasteiger partial charge on any atom is 0.270 e. The number of aromatic nitrogens is 2. The highest BCUT2D eigenvalue weighted by molar-refractivity contribution is 6.07. The Morgan fingerprint density at radius 2 is 2.00 bits per heavy atom. The minimum atomic E-state index is -0.328. The molecular weight excluding hydrogens is 302 g/mol. The van der Waals surface area contributed by atoms with E-state index in [1.165, 1.54) is 10.6 Å². The average Bonchev–Trinajstić information content (AvgIpc) is 2.91. The molecule has 0 radical (unpaired) electrons. The van der Waals surface area contributed by atoms with Crippen LogP contribution in [0, 0.1) is 6.92 Å². The van der Waals surface area contributed by atoms with Crippen molar-refractivity contribution in [2.75, 3.05) is 4.90 Å². The molecule has 2 aromatic heterocycles. The summed E-state index contributed by atoms with van der Waals surface area (Å²) in [5.74, 6) is -0.291. The minimum Gasteiger partial charge on any atom is -0.305 e. The highest BCUT2D eigenvalue weighted by Crippen LogP contribution is 2.32. The van der Waals surface area contributed by atoms with Crippen LogP contribution in [0.15, 0.2) is 53.6 Å². The van der Waals surface area contributed by atoms with Crippen LogP contribution in [0.1, 0.15) is 28.4 Å². The van der Waals surface area contributed by atoms with Gasteiger partial charge < -0.3 is 4.90 Å². The Labute approximate surface area is 139 Å². The van der Waals surface area contributed by atoms with Gasteiger partial charge in [-0.2, -0.15) is 0 Å². The number of carbonyl (C=O) groups excluding carboxylic acids is 1. The van der Waals surface area contributed by atoms with E-state index in [1.54, 1.807) is 17.2 Å². The summed E-state index contributed by atoms with van der Waals surface area (Å²) in [5, 5.41) is 0. The SMILES string of the molecule is Cc1ccc2ncc(C(=O)N3c4ccccc4C[C@H]3C)c(=O)n2c1. The van der Waals surface area contributed by atoms with E-state index in [1.807, 2.05) is 44.2 Å². The van der Waals surface area contributed by atoms with Gasteiger partial charge in [-0.1, -0.05) is 24.3 Å². The molecule has 3 aromatic rings. The van der Waals surface area contributed by atoms with Crippen LogP contribution in [-0.2, 0) is 6.42 Å². The minimum absolute atomic E-state index is 0.0208. The van der Waals surface area contributed by atoms with Gasteiger partial charge >= 0.3 is 0 Å². The van der Waals surface area contributed by atoms with Crippen LogP contribution in [0.5, 0.6) is 0 Å². The standard InChI is InChI=1S/C19H17N3O2/c1-12-7-8-17-20-10-15(18(23)21(17)11-12)19(24)22-13(2)9-14-5-3-4-6-16(14)22/h3-8,10-11,13H,9H2,1-2H3/t13-/m1/s1. The molecule has 1 aliphatic heterocycles. The third kappa shape index (κ3) is 2.12. The maximum absolute atomic E-state index is 13.0. The van der Waals surface area contributed by atoms with E-state index in [0.717, 1.165) is 23.2 Å². The van der Waals surface area contributed by atoms with Gasteiger partial charge in [-0.3, -0.25) is 14.0 Å². The van der Waals surface area contributed by atoms with E-state index in [2.05, 4.69) is 4.98 Å². The zero-order valence-electron chi connectivity index (χ0n) is 13.6. The number of fused-ring (bicyclic) bond motifs is 2. The molecular formula is C19H17N3O2. The largest absolute Gasteiger partial charge is 0.305 e. The molecule has 1 atom stereocenters. The zero-order valence-corrected chi connectivity index (χ0v) is 13.6. The number of anilines is 1. The molecule has 24 heavy (non-hydrogen) atoms. The van der Waals surface area contributed by atoms with Gasteiger partial charge in [-0.05, 0) is 43.5 Å². The van der Waals surface area contributed by atoms with Crippen LogP contribution in [0.2, 0.25) is 0 Å². The summed E-state index contributed by atoms with van der Waals surface area (Å²) in [7, 11) is 0. The van der Waals surface area contributed by atoms with Crippen molar-refractivity contribution in [3.05, 3.63) is 75.8 Å². The van der Waals surface area contributed by atoms with Crippen LogP contribution in [0.25, 0.3) is 5.65 Å². The molecule has 4 rings (SSSR count). The number of benzene rings is 1. The Hall–Kier alpha value is -2.95. The van der Waals surface area contributed by atoms with E-state index >= 15 is 0 Å². The molecule has 1 aliphatic rings. The highest BCUT2D eigenvalue weighted by Gasteiger charge is 2.32. The lowest BCUT2D eigenvalue weighted by Crippen LogP contribution is -2.39. The van der Waals surface area contributed by atoms with Gasteiger partial charge in [0.2, 0.25) is 0 Å². The summed E-state index contributed by atoms with van der Waals surface area (Å²) in [6, 6.07) is 11.5. The van der Waals surface area contributed by atoms with E-state index in [0.29, 0.717) is 5.65 Å². The van der Waals surface area contributed by atoms with E-state index < -0.39 is 0 Å². The highest BCUT2D eigenvalue weighted by atomic mass is 16.2. The molecule has 3 heterocycles. The van der Waals surface area contributed by atoms with E-state index in [9.17, 15) is 9.59 Å². The summed E-state index contributed by atoms with van der Waals surface area (Å²) < 4.78 is 1.44. The number of nitrogens with zero attached hydrogens (tertiary/aromatic N) is 3. The fourth-order valence-electron chi connectivity index (χ4n) is 3.33. The van der Waals surface area contributed by atoms with Crippen molar-refractivity contribution in [1.82, 2.24) is 9.38 Å². The second-order valence-electron chi connectivity index (χ2n) is 6.27. The molecule has 0 spiro atoms. The van der Waals surface area contributed by atoms with E-state index in [-0.39, 0.29) is 23.1 Å². The lowest BCUT2D eigenvalue weighted by atomic mass is 10.1. The monoisotopic (exact) mass is 319 g/mol. The molecule has 0 N–H and O–H groups in total. The number of rotatable bonds is 1. The van der Waals surface area contributed by atoms with Crippen molar-refractivity contribution < 1.29 is 4.79 Å². The number of pyridine rings is 1. The molecule has 5 heteroatoms. The topological polar surface area (TPSA) is 54.7 Å². The fourth-order valence-corrected chi connectivity index (χ4v) is 3.33. The summed E-state index contributed by atoms with van der Waals surface area (Å²) in [5.41, 5.74) is 3.26. The van der Waals surface area contributed by atoms with Crippen molar-refractivity contribution in [2.24, 2.45) is 0 Å². The Morgan fingerprint density at radius 3 is 2.83 bits per heavy atom. The predicted molar refractivity (Wildman–Crippen MR) is 92.6 cm³/mol. The molecule has 120 valence electrons. The number of para-hydroxylation sites is 1. The second-order valence-corrected chi connectivity index (χ2v) is 6.27. The summed E-state index contributed by atoms with van der Waals surface area (Å²) in [4.78, 5) is 31.8. The van der Waals surface area contributed by atoms with Gasteiger partial charge in [0.25, 0.3) is 11.5 Å². The zero-order chi connectivity index (χ0) is 16.8. The molecule has 5 nitrogen and oxygen atoms in total. The molecule has 0 unspecified atom stereocenters. The van der Waals surface area contributed by atoms with Crippen LogP contribution in [0.4, 0.5) is 5.69 Å². The molecule has 0 saturated heterocycles. The summed E-state index contributed by atoms with van der Waals surface area (Å²) in [6.07, 6.45) is 3.90. The van der Waals surface area contributed by atoms with Crippen molar-refractivity contribution in [2.45, 2.75) is 26.3 Å².